The number of halogens is 2. The van der Waals surface area contributed by atoms with Gasteiger partial charge in [-0.05, 0) is 37.1 Å². The summed E-state index contributed by atoms with van der Waals surface area (Å²) in [4.78, 5) is 42.0. The number of carbonyl (C=O) groups is 2. The number of likely N-dealkylation sites (tertiary alicyclic amines) is 1. The van der Waals surface area contributed by atoms with Crippen molar-refractivity contribution in [3.05, 3.63) is 70.3 Å². The van der Waals surface area contributed by atoms with Crippen molar-refractivity contribution < 1.29 is 18.4 Å². The molecule has 0 N–H and O–H groups in total. The van der Waals surface area contributed by atoms with Gasteiger partial charge >= 0.3 is 6.03 Å². The SMILES string of the molecule is CN(C(=O)c1csc(C2CCN(C(=O)N3CCN(c4ccccn4)CC3)CC2)n1)c1ccc(F)cc1F. The summed E-state index contributed by atoms with van der Waals surface area (Å²) in [5.74, 6) is -0.864. The number of piperidine rings is 1. The Bertz CT molecular complexity index is 1260. The third kappa shape index (κ3) is 5.41. The highest BCUT2D eigenvalue weighted by Gasteiger charge is 2.31. The molecule has 1 aromatic carbocycles. The lowest BCUT2D eigenvalue weighted by molar-refractivity contribution is 0.0987. The Morgan fingerprint density at radius 1 is 1.00 bits per heavy atom. The smallest absolute Gasteiger partial charge is 0.320 e. The van der Waals surface area contributed by atoms with E-state index in [4.69, 9.17) is 0 Å². The van der Waals surface area contributed by atoms with Crippen LogP contribution in [0.25, 0.3) is 0 Å². The highest BCUT2D eigenvalue weighted by Crippen LogP contribution is 2.31. The van der Waals surface area contributed by atoms with Crippen molar-refractivity contribution in [2.75, 3.05) is 56.1 Å². The van der Waals surface area contributed by atoms with Crippen LogP contribution in [0.1, 0.15) is 34.3 Å². The average Bonchev–Trinajstić information content (AvgIpc) is 3.43. The monoisotopic (exact) mass is 526 g/mol. The third-order valence-corrected chi connectivity index (χ3v) is 7.96. The molecule has 3 amide bonds. The van der Waals surface area contributed by atoms with Crippen LogP contribution in [0.4, 0.5) is 25.1 Å². The van der Waals surface area contributed by atoms with Gasteiger partial charge in [-0.25, -0.2) is 23.5 Å². The van der Waals surface area contributed by atoms with E-state index in [2.05, 4.69) is 14.9 Å². The minimum absolute atomic E-state index is 0.00589. The molecule has 0 aliphatic carbocycles. The van der Waals surface area contributed by atoms with E-state index in [0.29, 0.717) is 26.2 Å². The van der Waals surface area contributed by atoms with Gasteiger partial charge in [-0.1, -0.05) is 6.07 Å². The second kappa shape index (κ2) is 10.8. The molecule has 0 atom stereocenters. The lowest BCUT2D eigenvalue weighted by atomic mass is 9.98. The molecule has 194 valence electrons. The van der Waals surface area contributed by atoms with E-state index in [-0.39, 0.29) is 23.3 Å². The number of carbonyl (C=O) groups excluding carboxylic acids is 2. The summed E-state index contributed by atoms with van der Waals surface area (Å²) in [6.45, 7) is 4.10. The first-order valence-electron chi connectivity index (χ1n) is 12.3. The molecule has 2 fully saturated rings. The molecular weight excluding hydrogens is 498 g/mol. The molecule has 2 saturated heterocycles. The maximum Gasteiger partial charge on any atom is 0.320 e. The normalized spacial score (nSPS) is 16.7. The molecule has 3 aromatic rings. The van der Waals surface area contributed by atoms with Crippen molar-refractivity contribution >= 4 is 34.8 Å². The fraction of sp³-hybridized carbons (Fsp3) is 0.385. The molecule has 0 bridgehead atoms. The van der Waals surface area contributed by atoms with Gasteiger partial charge in [0, 0.05) is 69.9 Å². The first-order valence-corrected chi connectivity index (χ1v) is 13.2. The Labute approximate surface area is 218 Å². The predicted molar refractivity (Wildman–Crippen MR) is 138 cm³/mol. The Kier molecular flexibility index (Phi) is 7.31. The van der Waals surface area contributed by atoms with Crippen LogP contribution in [0.3, 0.4) is 0 Å². The number of amides is 3. The number of thiazole rings is 1. The number of rotatable bonds is 4. The lowest BCUT2D eigenvalue weighted by Gasteiger charge is -2.39. The summed E-state index contributed by atoms with van der Waals surface area (Å²) < 4.78 is 27.3. The quantitative estimate of drug-likeness (QED) is 0.509. The Morgan fingerprint density at radius 2 is 1.73 bits per heavy atom. The number of pyridine rings is 1. The fourth-order valence-electron chi connectivity index (χ4n) is 4.79. The van der Waals surface area contributed by atoms with Gasteiger partial charge in [0.2, 0.25) is 0 Å². The highest BCUT2D eigenvalue weighted by atomic mass is 32.1. The topological polar surface area (TPSA) is 72.9 Å². The molecule has 5 rings (SSSR count). The second-order valence-electron chi connectivity index (χ2n) is 9.24. The average molecular weight is 527 g/mol. The summed E-state index contributed by atoms with van der Waals surface area (Å²) in [6.07, 6.45) is 3.31. The van der Waals surface area contributed by atoms with Crippen molar-refractivity contribution in [3.8, 4) is 0 Å². The molecule has 0 unspecified atom stereocenters. The van der Waals surface area contributed by atoms with E-state index >= 15 is 0 Å². The molecule has 0 spiro atoms. The van der Waals surface area contributed by atoms with Gasteiger partial charge in [0.15, 0.2) is 0 Å². The standard InChI is InChI=1S/C26H28F2N6O2S/c1-31(22-6-5-19(27)16-20(22)28)25(35)21-17-37-24(30-21)18-7-10-33(11-8-18)26(36)34-14-12-32(13-15-34)23-4-2-3-9-29-23/h2-6,9,16-18H,7-8,10-15H2,1H3. The van der Waals surface area contributed by atoms with Crippen molar-refractivity contribution in [2.45, 2.75) is 18.8 Å². The van der Waals surface area contributed by atoms with E-state index in [9.17, 15) is 18.4 Å². The highest BCUT2D eigenvalue weighted by molar-refractivity contribution is 7.10. The number of aromatic nitrogens is 2. The summed E-state index contributed by atoms with van der Waals surface area (Å²) in [6, 6.07) is 9.02. The van der Waals surface area contributed by atoms with Gasteiger partial charge in [-0.2, -0.15) is 0 Å². The number of piperazine rings is 1. The van der Waals surface area contributed by atoms with Crippen molar-refractivity contribution in [1.29, 1.82) is 0 Å². The first-order chi connectivity index (χ1) is 17.9. The van der Waals surface area contributed by atoms with Crippen molar-refractivity contribution in [3.63, 3.8) is 0 Å². The molecule has 11 heteroatoms. The Balaban J connectivity index is 1.13. The summed E-state index contributed by atoms with van der Waals surface area (Å²) in [7, 11) is 1.44. The Hall–Kier alpha value is -3.60. The molecule has 0 radical (unpaired) electrons. The summed E-state index contributed by atoms with van der Waals surface area (Å²) in [5, 5.41) is 2.51. The lowest BCUT2D eigenvalue weighted by Crippen LogP contribution is -2.54. The number of nitrogens with zero attached hydrogens (tertiary/aromatic N) is 6. The van der Waals surface area contributed by atoms with E-state index in [1.54, 1.807) is 11.6 Å². The van der Waals surface area contributed by atoms with Gasteiger partial charge in [0.05, 0.1) is 10.7 Å². The van der Waals surface area contributed by atoms with E-state index in [1.165, 1.54) is 24.5 Å². The first kappa shape index (κ1) is 25.1. The van der Waals surface area contributed by atoms with Gasteiger partial charge in [0.1, 0.15) is 23.1 Å². The molecule has 2 aliphatic rings. The van der Waals surface area contributed by atoms with Crippen LogP contribution >= 0.6 is 11.3 Å². The number of anilines is 2. The van der Waals surface area contributed by atoms with Gasteiger partial charge < -0.3 is 19.6 Å². The van der Waals surface area contributed by atoms with Gasteiger partial charge in [0.25, 0.3) is 5.91 Å². The van der Waals surface area contributed by atoms with E-state index in [1.807, 2.05) is 28.0 Å². The Morgan fingerprint density at radius 3 is 2.41 bits per heavy atom. The predicted octanol–water partition coefficient (Wildman–Crippen LogP) is 4.21. The number of benzene rings is 1. The van der Waals surface area contributed by atoms with Gasteiger partial charge in [-0.15, -0.1) is 11.3 Å². The molecule has 37 heavy (non-hydrogen) atoms. The zero-order valence-electron chi connectivity index (χ0n) is 20.5. The minimum atomic E-state index is -0.804. The van der Waals surface area contributed by atoms with Crippen LogP contribution in [0.5, 0.6) is 0 Å². The van der Waals surface area contributed by atoms with Crippen LogP contribution in [0.2, 0.25) is 0 Å². The maximum atomic E-state index is 14.1. The van der Waals surface area contributed by atoms with E-state index in [0.717, 1.165) is 53.8 Å². The van der Waals surface area contributed by atoms with Crippen LogP contribution < -0.4 is 9.80 Å². The summed E-state index contributed by atoms with van der Waals surface area (Å²) >= 11 is 1.40. The maximum absolute atomic E-state index is 14.1. The van der Waals surface area contributed by atoms with Crippen LogP contribution in [-0.4, -0.2) is 78.0 Å². The van der Waals surface area contributed by atoms with Gasteiger partial charge in [-0.3, -0.25) is 4.79 Å². The molecule has 4 heterocycles. The molecule has 2 aliphatic heterocycles. The molecule has 0 saturated carbocycles. The molecular formula is C26H28F2N6O2S. The third-order valence-electron chi connectivity index (χ3n) is 6.95. The largest absolute Gasteiger partial charge is 0.353 e. The molecule has 8 nitrogen and oxygen atoms in total. The zero-order valence-corrected chi connectivity index (χ0v) is 21.3. The second-order valence-corrected chi connectivity index (χ2v) is 10.1. The van der Waals surface area contributed by atoms with Crippen LogP contribution in [-0.2, 0) is 0 Å². The summed E-state index contributed by atoms with van der Waals surface area (Å²) in [5.41, 5.74) is 0.226. The number of urea groups is 1. The van der Waals surface area contributed by atoms with Crippen molar-refractivity contribution in [1.82, 2.24) is 19.8 Å². The molecule has 2 aromatic heterocycles. The van der Waals surface area contributed by atoms with Crippen molar-refractivity contribution in [2.24, 2.45) is 0 Å². The van der Waals surface area contributed by atoms with Crippen LogP contribution in [0, 0.1) is 11.6 Å². The number of hydrogen-bond acceptors (Lipinski definition) is 6. The van der Waals surface area contributed by atoms with E-state index < -0.39 is 17.5 Å². The zero-order chi connectivity index (χ0) is 25.9. The number of hydrogen-bond donors (Lipinski definition) is 0. The van der Waals surface area contributed by atoms with Crippen LogP contribution in [0.15, 0.2) is 48.0 Å². The minimum Gasteiger partial charge on any atom is -0.353 e. The fourth-order valence-corrected chi connectivity index (χ4v) is 5.76.